The lowest BCUT2D eigenvalue weighted by Gasteiger charge is -2.15. The van der Waals surface area contributed by atoms with Crippen molar-refractivity contribution in [2.75, 3.05) is 12.0 Å². The number of pyridine rings is 1. The molecule has 8 nitrogen and oxygen atoms in total. The van der Waals surface area contributed by atoms with Crippen molar-refractivity contribution in [1.82, 2.24) is 4.98 Å². The Morgan fingerprint density at radius 3 is 2.66 bits per heavy atom. The Hall–Kier alpha value is -3.26. The van der Waals surface area contributed by atoms with Crippen molar-refractivity contribution in [3.05, 3.63) is 52.7 Å². The van der Waals surface area contributed by atoms with E-state index in [-0.39, 0.29) is 11.7 Å². The first-order chi connectivity index (χ1) is 14.0. The molecule has 0 atom stereocenters. The summed E-state index contributed by atoms with van der Waals surface area (Å²) < 4.78 is 5.25. The number of nitrogens with two attached hydrogens (primary N) is 2. The third kappa shape index (κ3) is 4.97. The number of nitrogens with one attached hydrogen (secondary N) is 1. The van der Waals surface area contributed by atoms with Crippen LogP contribution in [0.25, 0.3) is 0 Å². The second-order valence-corrected chi connectivity index (χ2v) is 6.43. The first-order valence-corrected chi connectivity index (χ1v) is 9.51. The highest BCUT2D eigenvalue weighted by Gasteiger charge is 2.32. The van der Waals surface area contributed by atoms with Gasteiger partial charge in [0.15, 0.2) is 5.84 Å². The average Bonchev–Trinajstić information content (AvgIpc) is 3.10. The summed E-state index contributed by atoms with van der Waals surface area (Å²) in [6.07, 6.45) is 3.49. The molecule has 1 aromatic carbocycles. The Balaban J connectivity index is 0.000000687. The lowest BCUT2D eigenvalue weighted by atomic mass is 10.0. The minimum atomic E-state index is -0.171. The lowest BCUT2D eigenvalue weighted by Crippen LogP contribution is -2.25. The van der Waals surface area contributed by atoms with Crippen LogP contribution < -0.4 is 21.1 Å². The van der Waals surface area contributed by atoms with Gasteiger partial charge in [0.2, 0.25) is 0 Å². The van der Waals surface area contributed by atoms with Crippen molar-refractivity contribution in [2.24, 2.45) is 16.5 Å². The molecule has 5 N–H and O–H groups in total. The Morgan fingerprint density at radius 2 is 2.07 bits per heavy atom. The van der Waals surface area contributed by atoms with E-state index >= 15 is 0 Å². The Labute approximate surface area is 171 Å². The molecule has 0 saturated carbocycles. The van der Waals surface area contributed by atoms with Crippen molar-refractivity contribution in [3.8, 4) is 5.75 Å². The van der Waals surface area contributed by atoms with Crippen molar-refractivity contribution in [1.29, 1.82) is 5.41 Å². The number of anilines is 1. The SMILES string of the molecule is CCCC.COc1cc(CN)c2c(c1)C(=O)N(c1cccc(C(N)=NC=N)n1)C2. The summed E-state index contributed by atoms with van der Waals surface area (Å²) in [6, 6.07) is 8.70. The zero-order valence-electron chi connectivity index (χ0n) is 17.1. The number of amides is 1. The summed E-state index contributed by atoms with van der Waals surface area (Å²) in [5, 5.41) is 7.00. The molecule has 3 rings (SSSR count). The van der Waals surface area contributed by atoms with Crippen LogP contribution in [0.15, 0.2) is 35.3 Å². The van der Waals surface area contributed by atoms with E-state index in [1.807, 2.05) is 6.07 Å². The molecule has 0 bridgehead atoms. The number of unbranched alkanes of at least 4 members (excludes halogenated alkanes) is 1. The first-order valence-electron chi connectivity index (χ1n) is 9.51. The quantitative estimate of drug-likeness (QED) is 0.510. The fourth-order valence-electron chi connectivity index (χ4n) is 2.79. The number of hydrogen-bond acceptors (Lipinski definition) is 5. The number of aromatic nitrogens is 1. The number of amidine groups is 1. The molecule has 154 valence electrons. The predicted octanol–water partition coefficient (Wildman–Crippen LogP) is 2.83. The second-order valence-electron chi connectivity index (χ2n) is 6.43. The van der Waals surface area contributed by atoms with Gasteiger partial charge in [-0.2, -0.15) is 0 Å². The van der Waals surface area contributed by atoms with E-state index in [1.54, 1.807) is 36.3 Å². The van der Waals surface area contributed by atoms with Crippen LogP contribution in [0, 0.1) is 5.41 Å². The van der Waals surface area contributed by atoms with E-state index in [0.717, 1.165) is 17.5 Å². The highest BCUT2D eigenvalue weighted by atomic mass is 16.5. The fraction of sp³-hybridized carbons (Fsp3) is 0.333. The molecule has 0 fully saturated rings. The van der Waals surface area contributed by atoms with Crippen LogP contribution in [-0.4, -0.2) is 30.2 Å². The van der Waals surface area contributed by atoms with Gasteiger partial charge in [0, 0.05) is 12.1 Å². The van der Waals surface area contributed by atoms with Crippen LogP contribution >= 0.6 is 0 Å². The minimum absolute atomic E-state index is 0.116. The van der Waals surface area contributed by atoms with Crippen LogP contribution in [-0.2, 0) is 13.1 Å². The molecule has 0 spiro atoms. The molecule has 0 saturated heterocycles. The van der Waals surface area contributed by atoms with Crippen molar-refractivity contribution in [3.63, 3.8) is 0 Å². The average molecular weight is 396 g/mol. The summed E-state index contributed by atoms with van der Waals surface area (Å²) >= 11 is 0. The molecule has 0 unspecified atom stereocenters. The van der Waals surface area contributed by atoms with Gasteiger partial charge in [-0.1, -0.05) is 32.8 Å². The fourth-order valence-corrected chi connectivity index (χ4v) is 2.79. The van der Waals surface area contributed by atoms with Gasteiger partial charge in [-0.15, -0.1) is 0 Å². The second kappa shape index (κ2) is 10.3. The molecule has 29 heavy (non-hydrogen) atoms. The Morgan fingerprint density at radius 1 is 1.34 bits per heavy atom. The summed E-state index contributed by atoms with van der Waals surface area (Å²) in [5.74, 6) is 1.00. The summed E-state index contributed by atoms with van der Waals surface area (Å²) in [5.41, 5.74) is 14.3. The van der Waals surface area contributed by atoms with Crippen molar-refractivity contribution in [2.45, 2.75) is 39.8 Å². The number of rotatable bonds is 6. The molecule has 0 radical (unpaired) electrons. The van der Waals surface area contributed by atoms with Gasteiger partial charge in [-0.25, -0.2) is 9.98 Å². The largest absolute Gasteiger partial charge is 0.497 e. The summed E-state index contributed by atoms with van der Waals surface area (Å²) in [4.78, 5) is 22.5. The molecule has 1 aliphatic rings. The maximum atomic E-state index is 12.8. The Bertz CT molecular complexity index is 908. The van der Waals surface area contributed by atoms with E-state index in [2.05, 4.69) is 23.8 Å². The van der Waals surface area contributed by atoms with E-state index in [1.165, 1.54) is 12.8 Å². The van der Waals surface area contributed by atoms with Gasteiger partial charge in [0.1, 0.15) is 23.6 Å². The molecule has 0 aliphatic carbocycles. The summed E-state index contributed by atoms with van der Waals surface area (Å²) in [7, 11) is 1.55. The van der Waals surface area contributed by atoms with Crippen LogP contribution in [0.2, 0.25) is 0 Å². The molecule has 8 heteroatoms. The van der Waals surface area contributed by atoms with Gasteiger partial charge < -0.3 is 16.2 Å². The number of methoxy groups -OCH3 is 1. The lowest BCUT2D eigenvalue weighted by molar-refractivity contribution is 0.0995. The maximum absolute atomic E-state index is 12.8. The van der Waals surface area contributed by atoms with Gasteiger partial charge in [-0.3, -0.25) is 15.1 Å². The minimum Gasteiger partial charge on any atom is -0.497 e. The number of benzene rings is 1. The monoisotopic (exact) mass is 396 g/mol. The maximum Gasteiger partial charge on any atom is 0.260 e. The Kier molecular flexibility index (Phi) is 7.85. The number of hydrogen-bond donors (Lipinski definition) is 3. The smallest absolute Gasteiger partial charge is 0.260 e. The third-order valence-electron chi connectivity index (χ3n) is 4.54. The van der Waals surface area contributed by atoms with E-state index in [4.69, 9.17) is 21.6 Å². The van der Waals surface area contributed by atoms with Crippen LogP contribution in [0.5, 0.6) is 5.75 Å². The van der Waals surface area contributed by atoms with E-state index in [0.29, 0.717) is 35.9 Å². The normalized spacial score (nSPS) is 12.9. The number of nitrogens with zero attached hydrogens (tertiary/aromatic N) is 3. The zero-order chi connectivity index (χ0) is 21.4. The zero-order valence-corrected chi connectivity index (χ0v) is 17.1. The molecular formula is C21H28N6O2. The topological polar surface area (TPSA) is 131 Å². The molecular weight excluding hydrogens is 368 g/mol. The van der Waals surface area contributed by atoms with Crippen LogP contribution in [0.3, 0.4) is 0 Å². The van der Waals surface area contributed by atoms with E-state index in [9.17, 15) is 4.79 Å². The number of aliphatic imine (C=N–C) groups is 1. The highest BCUT2D eigenvalue weighted by molar-refractivity contribution is 6.10. The molecule has 2 aromatic rings. The van der Waals surface area contributed by atoms with Crippen LogP contribution in [0.4, 0.5) is 5.82 Å². The standard InChI is InChI=1S/C17H18N6O2.C4H10/c1-25-11-5-10(7-18)13-8-23(17(24)12(13)6-11)15-4-2-3-14(22-15)16(20)21-9-19;1-3-4-2/h2-6,9H,7-8,18H2,1H3,(H3,19,20,21);3-4H2,1-2H3. The number of carbonyl (C=O) groups is 1. The number of ether oxygens (including phenoxy) is 1. The first kappa shape index (κ1) is 22.0. The highest BCUT2D eigenvalue weighted by Crippen LogP contribution is 2.32. The van der Waals surface area contributed by atoms with Crippen LogP contribution in [0.1, 0.15) is 53.9 Å². The van der Waals surface area contributed by atoms with Gasteiger partial charge in [0.05, 0.1) is 13.7 Å². The molecule has 1 aliphatic heterocycles. The van der Waals surface area contributed by atoms with E-state index < -0.39 is 0 Å². The molecule has 1 amide bonds. The molecule has 2 heterocycles. The third-order valence-corrected chi connectivity index (χ3v) is 4.54. The number of fused-ring (bicyclic) bond motifs is 1. The van der Waals surface area contributed by atoms with Crippen molar-refractivity contribution < 1.29 is 9.53 Å². The predicted molar refractivity (Wildman–Crippen MR) is 116 cm³/mol. The molecule has 1 aromatic heterocycles. The number of carbonyl (C=O) groups excluding carboxylic acids is 1. The summed E-state index contributed by atoms with van der Waals surface area (Å²) in [6.45, 7) is 5.05. The van der Waals surface area contributed by atoms with Gasteiger partial charge in [0.25, 0.3) is 5.91 Å². The van der Waals surface area contributed by atoms with Gasteiger partial charge in [-0.05, 0) is 35.4 Å². The van der Waals surface area contributed by atoms with Crippen molar-refractivity contribution >= 4 is 23.9 Å². The van der Waals surface area contributed by atoms with Gasteiger partial charge >= 0.3 is 0 Å².